The lowest BCUT2D eigenvalue weighted by atomic mass is 9.74. The van der Waals surface area contributed by atoms with E-state index in [2.05, 4.69) is 23.5 Å². The molecule has 3 aliphatic heterocycles. The molecule has 0 N–H and O–H groups in total. The summed E-state index contributed by atoms with van der Waals surface area (Å²) in [5.74, 6) is -0.177. The zero-order valence-electron chi connectivity index (χ0n) is 10.6. The van der Waals surface area contributed by atoms with Crippen LogP contribution in [0.2, 0.25) is 0 Å². The highest BCUT2D eigenvalue weighted by atomic mass is 32.2. The molecule has 100 valence electrons. The molecule has 0 aromatic heterocycles. The van der Waals surface area contributed by atoms with Gasteiger partial charge in [0, 0.05) is 39.3 Å². The Bertz CT molecular complexity index is 342. The molecule has 3 saturated heterocycles. The SMILES string of the molecule is C1CC2(CC3SC13)OCC1(CC[C@@H]3SC3C1)CO2. The minimum atomic E-state index is -0.177. The molecule has 5 fully saturated rings. The van der Waals surface area contributed by atoms with Crippen LogP contribution in [0.3, 0.4) is 0 Å². The number of hydrogen-bond donors (Lipinski definition) is 0. The van der Waals surface area contributed by atoms with Gasteiger partial charge in [-0.2, -0.15) is 23.5 Å². The zero-order valence-corrected chi connectivity index (χ0v) is 12.2. The van der Waals surface area contributed by atoms with Crippen molar-refractivity contribution >= 4 is 23.5 Å². The van der Waals surface area contributed by atoms with Gasteiger partial charge in [0.15, 0.2) is 5.79 Å². The molecule has 18 heavy (non-hydrogen) atoms. The maximum absolute atomic E-state index is 6.32. The van der Waals surface area contributed by atoms with Crippen molar-refractivity contribution in [1.82, 2.24) is 0 Å². The summed E-state index contributed by atoms with van der Waals surface area (Å²) in [6.07, 6.45) is 7.67. The molecule has 5 rings (SSSR count). The van der Waals surface area contributed by atoms with Crippen molar-refractivity contribution in [2.24, 2.45) is 5.41 Å². The summed E-state index contributed by atoms with van der Waals surface area (Å²) < 4.78 is 12.6. The maximum atomic E-state index is 6.32. The second-order valence-corrected chi connectivity index (χ2v) is 9.87. The maximum Gasteiger partial charge on any atom is 0.169 e. The monoisotopic (exact) mass is 284 g/mol. The van der Waals surface area contributed by atoms with Crippen LogP contribution in [0, 0.1) is 5.41 Å². The molecule has 2 aliphatic carbocycles. The van der Waals surface area contributed by atoms with Gasteiger partial charge < -0.3 is 9.47 Å². The molecular weight excluding hydrogens is 264 g/mol. The van der Waals surface area contributed by atoms with Gasteiger partial charge in [-0.1, -0.05) is 0 Å². The first-order valence-corrected chi connectivity index (χ1v) is 9.24. The number of thioether (sulfide) groups is 2. The Morgan fingerprint density at radius 2 is 1.44 bits per heavy atom. The standard InChI is InChI=1S/C14H20O2S2/c1-3-13(5-11-9(1)17-11)7-15-14(16-8-13)4-2-10-12(6-14)18-10/h9-12H,1-8H2/t9-,10?,11?,12?,13?,14?/m0/s1. The van der Waals surface area contributed by atoms with Gasteiger partial charge in [0.2, 0.25) is 0 Å². The topological polar surface area (TPSA) is 18.5 Å². The first-order chi connectivity index (χ1) is 8.76. The average molecular weight is 284 g/mol. The summed E-state index contributed by atoms with van der Waals surface area (Å²) in [6, 6.07) is 0. The third-order valence-corrected chi connectivity index (χ3v) is 8.46. The van der Waals surface area contributed by atoms with Crippen molar-refractivity contribution < 1.29 is 9.47 Å². The lowest BCUT2D eigenvalue weighted by Gasteiger charge is -2.48. The lowest BCUT2D eigenvalue weighted by molar-refractivity contribution is -0.315. The number of hydrogen-bond acceptors (Lipinski definition) is 4. The highest BCUT2D eigenvalue weighted by molar-refractivity contribution is 8.08. The van der Waals surface area contributed by atoms with Crippen LogP contribution < -0.4 is 0 Å². The lowest BCUT2D eigenvalue weighted by Crippen LogP contribution is -2.52. The summed E-state index contributed by atoms with van der Waals surface area (Å²) in [5.41, 5.74) is 0.378. The average Bonchev–Trinajstić information content (AvgIpc) is 3.27. The summed E-state index contributed by atoms with van der Waals surface area (Å²) in [5, 5.41) is 3.72. The van der Waals surface area contributed by atoms with Crippen molar-refractivity contribution in [3.63, 3.8) is 0 Å². The van der Waals surface area contributed by atoms with Crippen LogP contribution in [-0.4, -0.2) is 40.0 Å². The van der Waals surface area contributed by atoms with Crippen LogP contribution >= 0.6 is 23.5 Å². The third-order valence-electron chi connectivity index (χ3n) is 5.57. The second kappa shape index (κ2) is 3.63. The molecule has 0 amide bonds. The Labute approximate surface area is 117 Å². The van der Waals surface area contributed by atoms with Crippen molar-refractivity contribution in [2.75, 3.05) is 13.2 Å². The van der Waals surface area contributed by atoms with E-state index < -0.39 is 0 Å². The minimum absolute atomic E-state index is 0.177. The molecule has 4 heteroatoms. The summed E-state index contributed by atoms with van der Waals surface area (Å²) in [7, 11) is 0. The normalized spacial score (nSPS) is 61.3. The van der Waals surface area contributed by atoms with E-state index >= 15 is 0 Å². The van der Waals surface area contributed by atoms with Gasteiger partial charge in [-0.3, -0.25) is 0 Å². The van der Waals surface area contributed by atoms with Gasteiger partial charge in [0.25, 0.3) is 0 Å². The first kappa shape index (κ1) is 11.3. The van der Waals surface area contributed by atoms with Crippen molar-refractivity contribution in [2.45, 2.75) is 65.3 Å². The fraction of sp³-hybridized carbons (Fsp3) is 1.00. The predicted octanol–water partition coefficient (Wildman–Crippen LogP) is 3.05. The highest BCUT2D eigenvalue weighted by Crippen LogP contribution is 2.60. The molecule has 0 bridgehead atoms. The number of rotatable bonds is 0. The van der Waals surface area contributed by atoms with E-state index in [1.54, 1.807) is 0 Å². The molecule has 5 aliphatic rings. The van der Waals surface area contributed by atoms with Crippen molar-refractivity contribution in [3.8, 4) is 0 Å². The van der Waals surface area contributed by atoms with Gasteiger partial charge >= 0.3 is 0 Å². The van der Waals surface area contributed by atoms with E-state index in [4.69, 9.17) is 9.47 Å². The molecular formula is C14H20O2S2. The molecule has 4 atom stereocenters. The molecule has 2 saturated carbocycles. The van der Waals surface area contributed by atoms with Gasteiger partial charge in [-0.25, -0.2) is 0 Å². The van der Waals surface area contributed by atoms with Crippen LogP contribution in [0.1, 0.15) is 38.5 Å². The van der Waals surface area contributed by atoms with E-state index in [1.165, 1.54) is 25.7 Å². The molecule has 0 radical (unpaired) electrons. The van der Waals surface area contributed by atoms with E-state index in [0.29, 0.717) is 5.41 Å². The third kappa shape index (κ3) is 1.72. The van der Waals surface area contributed by atoms with Crippen LogP contribution in [0.4, 0.5) is 0 Å². The minimum Gasteiger partial charge on any atom is -0.349 e. The molecule has 3 unspecified atom stereocenters. The smallest absolute Gasteiger partial charge is 0.169 e. The summed E-state index contributed by atoms with van der Waals surface area (Å²) in [6.45, 7) is 1.94. The second-order valence-electron chi connectivity index (χ2n) is 6.90. The Morgan fingerprint density at radius 1 is 0.778 bits per heavy atom. The van der Waals surface area contributed by atoms with Gasteiger partial charge in [-0.05, 0) is 25.7 Å². The zero-order chi connectivity index (χ0) is 11.8. The largest absolute Gasteiger partial charge is 0.349 e. The van der Waals surface area contributed by atoms with E-state index in [9.17, 15) is 0 Å². The van der Waals surface area contributed by atoms with Crippen molar-refractivity contribution in [3.05, 3.63) is 0 Å². The quantitative estimate of drug-likeness (QED) is 0.636. The van der Waals surface area contributed by atoms with Crippen LogP contribution in [0.15, 0.2) is 0 Å². The summed E-state index contributed by atoms with van der Waals surface area (Å²) >= 11 is 4.32. The Kier molecular flexibility index (Phi) is 2.28. The highest BCUT2D eigenvalue weighted by Gasteiger charge is 2.57. The Balaban J connectivity index is 1.29. The number of ether oxygens (including phenoxy) is 2. The van der Waals surface area contributed by atoms with Crippen molar-refractivity contribution in [1.29, 1.82) is 0 Å². The van der Waals surface area contributed by atoms with E-state index in [0.717, 1.165) is 47.1 Å². The number of fused-ring (bicyclic) bond motifs is 2. The van der Waals surface area contributed by atoms with E-state index in [1.807, 2.05) is 0 Å². The van der Waals surface area contributed by atoms with E-state index in [-0.39, 0.29) is 5.79 Å². The van der Waals surface area contributed by atoms with Crippen LogP contribution in [0.5, 0.6) is 0 Å². The Morgan fingerprint density at radius 3 is 2.11 bits per heavy atom. The molecule has 2 nitrogen and oxygen atoms in total. The first-order valence-electron chi connectivity index (χ1n) is 7.35. The van der Waals surface area contributed by atoms with Gasteiger partial charge in [0.1, 0.15) is 0 Å². The Hall–Kier alpha value is 0.620. The fourth-order valence-corrected chi connectivity index (χ4v) is 6.64. The predicted molar refractivity (Wildman–Crippen MR) is 75.1 cm³/mol. The molecule has 0 aromatic carbocycles. The van der Waals surface area contributed by atoms with Gasteiger partial charge in [0.05, 0.1) is 13.2 Å². The fourth-order valence-electron chi connectivity index (χ4n) is 4.15. The summed E-state index contributed by atoms with van der Waals surface area (Å²) in [4.78, 5) is 0. The van der Waals surface area contributed by atoms with Gasteiger partial charge in [-0.15, -0.1) is 0 Å². The molecule has 3 heterocycles. The molecule has 2 spiro atoms. The van der Waals surface area contributed by atoms with Crippen LogP contribution in [0.25, 0.3) is 0 Å². The van der Waals surface area contributed by atoms with Crippen LogP contribution in [-0.2, 0) is 9.47 Å². The molecule has 0 aromatic rings.